The molecule has 1 aromatic carbocycles. The minimum Gasteiger partial charge on any atom is -0.364 e. The number of hydrogen-bond donors (Lipinski definition) is 2. The molecule has 0 bridgehead atoms. The molecule has 0 saturated carbocycles. The molecular formula is C12H11BrClN5O2. The third-order valence-electron chi connectivity index (χ3n) is 2.53. The summed E-state index contributed by atoms with van der Waals surface area (Å²) < 4.78 is 0.790. The predicted molar refractivity (Wildman–Crippen MR) is 85.3 cm³/mol. The van der Waals surface area contributed by atoms with Crippen molar-refractivity contribution in [3.63, 3.8) is 0 Å². The van der Waals surface area contributed by atoms with Crippen molar-refractivity contribution < 1.29 is 4.92 Å². The molecule has 0 atom stereocenters. The van der Waals surface area contributed by atoms with E-state index in [9.17, 15) is 10.1 Å². The zero-order valence-electron chi connectivity index (χ0n) is 10.9. The summed E-state index contributed by atoms with van der Waals surface area (Å²) in [5.74, 6) is 0.233. The summed E-state index contributed by atoms with van der Waals surface area (Å²) in [6.45, 7) is 2.33. The van der Waals surface area contributed by atoms with Crippen LogP contribution in [0.5, 0.6) is 0 Å². The molecule has 2 aromatic rings. The second-order valence-corrected chi connectivity index (χ2v) is 5.28. The molecule has 1 heterocycles. The summed E-state index contributed by atoms with van der Waals surface area (Å²) in [4.78, 5) is 18.5. The summed E-state index contributed by atoms with van der Waals surface area (Å²) in [5.41, 5.74) is 0.283. The SMILES string of the molecule is CCNc1ncnc(Nc2cc(Br)ccc2Cl)c1[N+](=O)[O-]. The van der Waals surface area contributed by atoms with Crippen molar-refractivity contribution in [3.8, 4) is 0 Å². The number of anilines is 3. The van der Waals surface area contributed by atoms with Gasteiger partial charge in [0.15, 0.2) is 0 Å². The van der Waals surface area contributed by atoms with Crippen molar-refractivity contribution in [1.29, 1.82) is 0 Å². The number of rotatable bonds is 5. The van der Waals surface area contributed by atoms with E-state index < -0.39 is 4.92 Å². The van der Waals surface area contributed by atoms with E-state index >= 15 is 0 Å². The molecule has 2 rings (SSSR count). The lowest BCUT2D eigenvalue weighted by Crippen LogP contribution is -2.07. The first-order valence-corrected chi connectivity index (χ1v) is 7.15. The molecule has 0 aliphatic rings. The van der Waals surface area contributed by atoms with Crippen LogP contribution in [0.4, 0.5) is 23.0 Å². The lowest BCUT2D eigenvalue weighted by Gasteiger charge is -2.10. The number of aromatic nitrogens is 2. The van der Waals surface area contributed by atoms with Gasteiger partial charge in [-0.2, -0.15) is 0 Å². The van der Waals surface area contributed by atoms with E-state index in [4.69, 9.17) is 11.6 Å². The molecule has 0 saturated heterocycles. The molecule has 1 aromatic heterocycles. The van der Waals surface area contributed by atoms with Gasteiger partial charge in [-0.25, -0.2) is 9.97 Å². The van der Waals surface area contributed by atoms with Crippen molar-refractivity contribution in [3.05, 3.63) is 44.1 Å². The van der Waals surface area contributed by atoms with Crippen molar-refractivity contribution in [1.82, 2.24) is 9.97 Å². The maximum absolute atomic E-state index is 11.3. The summed E-state index contributed by atoms with van der Waals surface area (Å²) in [5, 5.41) is 17.4. The Morgan fingerprint density at radius 2 is 2.10 bits per heavy atom. The fraction of sp³-hybridized carbons (Fsp3) is 0.167. The van der Waals surface area contributed by atoms with Gasteiger partial charge in [0.25, 0.3) is 0 Å². The van der Waals surface area contributed by atoms with Crippen LogP contribution in [-0.2, 0) is 0 Å². The number of nitrogens with one attached hydrogen (secondary N) is 2. The maximum atomic E-state index is 11.3. The van der Waals surface area contributed by atoms with E-state index in [1.807, 2.05) is 6.92 Å². The molecule has 110 valence electrons. The monoisotopic (exact) mass is 371 g/mol. The average molecular weight is 373 g/mol. The molecular weight excluding hydrogens is 362 g/mol. The van der Waals surface area contributed by atoms with Crippen LogP contribution in [0.15, 0.2) is 29.0 Å². The van der Waals surface area contributed by atoms with Gasteiger partial charge in [-0.3, -0.25) is 10.1 Å². The van der Waals surface area contributed by atoms with Gasteiger partial charge in [-0.1, -0.05) is 27.5 Å². The highest BCUT2D eigenvalue weighted by atomic mass is 79.9. The zero-order chi connectivity index (χ0) is 15.4. The Kier molecular flexibility index (Phi) is 4.92. The standard InChI is InChI=1S/C12H11BrClN5O2/c1-2-15-11-10(19(20)21)12(17-6-16-11)18-9-5-7(13)3-4-8(9)14/h3-6H,2H2,1H3,(H2,15,16,17,18). The molecule has 21 heavy (non-hydrogen) atoms. The van der Waals surface area contributed by atoms with Gasteiger partial charge in [0.05, 0.1) is 15.6 Å². The van der Waals surface area contributed by atoms with Crippen molar-refractivity contribution >= 4 is 50.5 Å². The summed E-state index contributed by atoms with van der Waals surface area (Å²) in [6.07, 6.45) is 1.25. The Bertz CT molecular complexity index is 683. The van der Waals surface area contributed by atoms with Crippen LogP contribution in [0.25, 0.3) is 0 Å². The number of benzene rings is 1. The lowest BCUT2D eigenvalue weighted by atomic mass is 10.3. The normalized spacial score (nSPS) is 10.2. The van der Waals surface area contributed by atoms with E-state index in [2.05, 4.69) is 36.5 Å². The first kappa shape index (κ1) is 15.5. The minimum atomic E-state index is -0.535. The Balaban J connectivity index is 2.46. The first-order valence-electron chi connectivity index (χ1n) is 5.98. The van der Waals surface area contributed by atoms with Crippen LogP contribution in [-0.4, -0.2) is 21.4 Å². The second-order valence-electron chi connectivity index (χ2n) is 3.96. The molecule has 0 aliphatic heterocycles. The van der Waals surface area contributed by atoms with E-state index in [0.29, 0.717) is 17.3 Å². The number of nitrogens with zero attached hydrogens (tertiary/aromatic N) is 3. The third kappa shape index (κ3) is 3.59. The smallest absolute Gasteiger partial charge is 0.353 e. The molecule has 2 N–H and O–H groups in total. The number of hydrogen-bond acceptors (Lipinski definition) is 6. The van der Waals surface area contributed by atoms with Crippen LogP contribution in [0, 0.1) is 10.1 Å². The van der Waals surface area contributed by atoms with Gasteiger partial charge in [-0.15, -0.1) is 0 Å². The largest absolute Gasteiger partial charge is 0.364 e. The van der Waals surface area contributed by atoms with Crippen molar-refractivity contribution in [2.75, 3.05) is 17.2 Å². The predicted octanol–water partition coefficient (Wildman–Crippen LogP) is 3.98. The summed E-state index contributed by atoms with van der Waals surface area (Å²) >= 11 is 9.39. The number of halogens is 2. The molecule has 0 amide bonds. The maximum Gasteiger partial charge on any atom is 0.353 e. The third-order valence-corrected chi connectivity index (χ3v) is 3.35. The van der Waals surface area contributed by atoms with Crippen LogP contribution < -0.4 is 10.6 Å². The summed E-state index contributed by atoms with van der Waals surface area (Å²) in [6, 6.07) is 5.15. The van der Waals surface area contributed by atoms with Crippen molar-refractivity contribution in [2.24, 2.45) is 0 Å². The van der Waals surface area contributed by atoms with Gasteiger partial charge in [-0.05, 0) is 25.1 Å². The first-order chi connectivity index (χ1) is 10.0. The Morgan fingerprint density at radius 1 is 1.38 bits per heavy atom. The van der Waals surface area contributed by atoms with Crippen molar-refractivity contribution in [2.45, 2.75) is 6.92 Å². The van der Waals surface area contributed by atoms with E-state index in [0.717, 1.165) is 4.47 Å². The Morgan fingerprint density at radius 3 is 2.76 bits per heavy atom. The van der Waals surface area contributed by atoms with Crippen LogP contribution in [0.2, 0.25) is 5.02 Å². The molecule has 0 spiro atoms. The van der Waals surface area contributed by atoms with Crippen LogP contribution >= 0.6 is 27.5 Å². The van der Waals surface area contributed by atoms with Gasteiger partial charge >= 0.3 is 5.69 Å². The zero-order valence-corrected chi connectivity index (χ0v) is 13.3. The molecule has 0 aliphatic carbocycles. The van der Waals surface area contributed by atoms with Crippen LogP contribution in [0.3, 0.4) is 0 Å². The highest BCUT2D eigenvalue weighted by molar-refractivity contribution is 9.10. The molecule has 7 nitrogen and oxygen atoms in total. The van der Waals surface area contributed by atoms with E-state index in [1.165, 1.54) is 6.33 Å². The summed E-state index contributed by atoms with van der Waals surface area (Å²) in [7, 11) is 0. The second kappa shape index (κ2) is 6.68. The molecule has 0 fully saturated rings. The quantitative estimate of drug-likeness (QED) is 0.609. The number of nitro groups is 1. The molecule has 9 heteroatoms. The molecule has 0 unspecified atom stereocenters. The average Bonchev–Trinajstić information content (AvgIpc) is 2.43. The highest BCUT2D eigenvalue weighted by Crippen LogP contribution is 2.34. The highest BCUT2D eigenvalue weighted by Gasteiger charge is 2.23. The van der Waals surface area contributed by atoms with E-state index in [1.54, 1.807) is 18.2 Å². The minimum absolute atomic E-state index is 0.0750. The Hall–Kier alpha value is -1.93. The van der Waals surface area contributed by atoms with Gasteiger partial charge in [0.1, 0.15) is 6.33 Å². The fourth-order valence-corrected chi connectivity index (χ4v) is 2.19. The Labute approximate surface area is 134 Å². The van der Waals surface area contributed by atoms with E-state index in [-0.39, 0.29) is 17.3 Å². The van der Waals surface area contributed by atoms with Gasteiger partial charge in [0, 0.05) is 11.0 Å². The fourth-order valence-electron chi connectivity index (χ4n) is 1.66. The van der Waals surface area contributed by atoms with Gasteiger partial charge in [0.2, 0.25) is 11.6 Å². The molecule has 0 radical (unpaired) electrons. The van der Waals surface area contributed by atoms with Crippen LogP contribution in [0.1, 0.15) is 6.92 Å². The van der Waals surface area contributed by atoms with Gasteiger partial charge < -0.3 is 10.6 Å². The topological polar surface area (TPSA) is 93.0 Å². The lowest BCUT2D eigenvalue weighted by molar-refractivity contribution is -0.383.